The molecule has 1 heteroatoms. The van der Waals surface area contributed by atoms with E-state index in [0.717, 1.165) is 6.42 Å². The lowest BCUT2D eigenvalue weighted by atomic mass is 9.70. The van der Waals surface area contributed by atoms with Crippen LogP contribution in [0.3, 0.4) is 0 Å². The van der Waals surface area contributed by atoms with E-state index >= 15 is 0 Å². The number of hydrogen-bond donors (Lipinski definition) is 0. The summed E-state index contributed by atoms with van der Waals surface area (Å²) in [6, 6.07) is 8.31. The van der Waals surface area contributed by atoms with E-state index in [4.69, 9.17) is 0 Å². The molecule has 1 atom stereocenters. The van der Waals surface area contributed by atoms with Crippen LogP contribution in [0.2, 0.25) is 0 Å². The number of hydrogen-bond acceptors (Lipinski definition) is 1. The van der Waals surface area contributed by atoms with Crippen molar-refractivity contribution in [1.29, 1.82) is 0 Å². The second-order valence-electron chi connectivity index (χ2n) is 5.53. The van der Waals surface area contributed by atoms with Crippen molar-refractivity contribution in [3.05, 3.63) is 35.4 Å². The Morgan fingerprint density at radius 2 is 1.73 bits per heavy atom. The van der Waals surface area contributed by atoms with E-state index in [1.54, 1.807) is 0 Å². The number of carbonyl (C=O) groups excluding carboxylic acids is 1. The molecular formula is C14H18O. The second-order valence-corrected chi connectivity index (χ2v) is 5.53. The molecule has 0 heterocycles. The minimum atomic E-state index is 0.0879. The fourth-order valence-electron chi connectivity index (χ4n) is 2.36. The van der Waals surface area contributed by atoms with Crippen LogP contribution in [0.5, 0.6) is 0 Å². The second kappa shape index (κ2) is 3.48. The van der Waals surface area contributed by atoms with E-state index in [2.05, 4.69) is 39.0 Å². The SMILES string of the molecule is CC(C)(C)C1Cc2ccccc2CC1=O. The molecule has 0 N–H and O–H groups in total. The maximum Gasteiger partial charge on any atom is 0.141 e. The van der Waals surface area contributed by atoms with Gasteiger partial charge in [0.1, 0.15) is 5.78 Å². The first-order valence-electron chi connectivity index (χ1n) is 5.58. The summed E-state index contributed by atoms with van der Waals surface area (Å²) < 4.78 is 0. The zero-order chi connectivity index (χ0) is 11.1. The van der Waals surface area contributed by atoms with Crippen LogP contribution in [0, 0.1) is 11.3 Å². The van der Waals surface area contributed by atoms with E-state index in [0.29, 0.717) is 12.2 Å². The minimum Gasteiger partial charge on any atom is -0.299 e. The van der Waals surface area contributed by atoms with Gasteiger partial charge in [0.2, 0.25) is 0 Å². The Hall–Kier alpha value is -1.11. The minimum absolute atomic E-state index is 0.0879. The van der Waals surface area contributed by atoms with Crippen LogP contribution in [-0.4, -0.2) is 5.78 Å². The van der Waals surface area contributed by atoms with Gasteiger partial charge in [-0.1, -0.05) is 45.0 Å². The van der Waals surface area contributed by atoms with E-state index in [1.165, 1.54) is 11.1 Å². The van der Waals surface area contributed by atoms with Crippen molar-refractivity contribution in [3.63, 3.8) is 0 Å². The highest BCUT2D eigenvalue weighted by Gasteiger charge is 2.34. The van der Waals surface area contributed by atoms with Gasteiger partial charge in [-0.2, -0.15) is 0 Å². The Balaban J connectivity index is 2.34. The summed E-state index contributed by atoms with van der Waals surface area (Å²) >= 11 is 0. The average Bonchev–Trinajstić information content (AvgIpc) is 2.15. The number of fused-ring (bicyclic) bond motifs is 1. The molecule has 15 heavy (non-hydrogen) atoms. The number of benzene rings is 1. The number of ketones is 1. The summed E-state index contributed by atoms with van der Waals surface area (Å²) in [5, 5.41) is 0. The van der Waals surface area contributed by atoms with Crippen LogP contribution in [0.4, 0.5) is 0 Å². The molecule has 0 aromatic heterocycles. The molecule has 0 spiro atoms. The van der Waals surface area contributed by atoms with Crippen molar-refractivity contribution in [2.45, 2.75) is 33.6 Å². The third-order valence-corrected chi connectivity index (χ3v) is 3.34. The molecule has 0 bridgehead atoms. The van der Waals surface area contributed by atoms with Gasteiger partial charge in [0.15, 0.2) is 0 Å². The molecule has 0 radical (unpaired) electrons. The Bertz CT molecular complexity index is 385. The first-order chi connectivity index (χ1) is 6.98. The van der Waals surface area contributed by atoms with E-state index < -0.39 is 0 Å². The van der Waals surface area contributed by atoms with Crippen LogP contribution < -0.4 is 0 Å². The highest BCUT2D eigenvalue weighted by Crippen LogP contribution is 2.34. The maximum atomic E-state index is 12.0. The standard InChI is InChI=1S/C14H18O/c1-14(2,3)12-8-10-6-4-5-7-11(10)9-13(12)15/h4-7,12H,8-9H2,1-3H3. The molecule has 0 amide bonds. The predicted octanol–water partition coefficient (Wildman–Crippen LogP) is 3.02. The summed E-state index contributed by atoms with van der Waals surface area (Å²) in [5.74, 6) is 0.591. The molecule has 1 aromatic rings. The van der Waals surface area contributed by atoms with Crippen molar-refractivity contribution < 1.29 is 4.79 Å². The molecule has 0 saturated heterocycles. The first-order valence-corrected chi connectivity index (χ1v) is 5.58. The topological polar surface area (TPSA) is 17.1 Å². The lowest BCUT2D eigenvalue weighted by Gasteiger charge is -2.33. The van der Waals surface area contributed by atoms with E-state index in [9.17, 15) is 4.79 Å². The number of rotatable bonds is 0. The van der Waals surface area contributed by atoms with Crippen LogP contribution >= 0.6 is 0 Å². The van der Waals surface area contributed by atoms with Crippen LogP contribution in [0.15, 0.2) is 24.3 Å². The third-order valence-electron chi connectivity index (χ3n) is 3.34. The van der Waals surface area contributed by atoms with Gasteiger partial charge < -0.3 is 0 Å². The molecule has 1 nitrogen and oxygen atoms in total. The monoisotopic (exact) mass is 202 g/mol. The third kappa shape index (κ3) is 1.97. The Morgan fingerprint density at radius 1 is 1.13 bits per heavy atom. The molecule has 80 valence electrons. The molecule has 1 aliphatic rings. The summed E-state index contributed by atoms with van der Waals surface area (Å²) in [6.07, 6.45) is 1.54. The molecular weight excluding hydrogens is 184 g/mol. The highest BCUT2D eigenvalue weighted by atomic mass is 16.1. The summed E-state index contributed by atoms with van der Waals surface area (Å²) in [7, 11) is 0. The van der Waals surface area contributed by atoms with Gasteiger partial charge in [-0.25, -0.2) is 0 Å². The Morgan fingerprint density at radius 3 is 2.33 bits per heavy atom. The van der Waals surface area contributed by atoms with Crippen molar-refractivity contribution in [2.75, 3.05) is 0 Å². The lowest BCUT2D eigenvalue weighted by molar-refractivity contribution is -0.125. The van der Waals surface area contributed by atoms with Crippen molar-refractivity contribution >= 4 is 5.78 Å². The number of carbonyl (C=O) groups is 1. The van der Waals surface area contributed by atoms with Gasteiger partial charge >= 0.3 is 0 Å². The average molecular weight is 202 g/mol. The molecule has 2 rings (SSSR count). The molecule has 1 aromatic carbocycles. The maximum absolute atomic E-state index is 12.0. The van der Waals surface area contributed by atoms with Gasteiger partial charge in [-0.3, -0.25) is 4.79 Å². The predicted molar refractivity (Wildman–Crippen MR) is 61.8 cm³/mol. The Kier molecular flexibility index (Phi) is 2.41. The quantitative estimate of drug-likeness (QED) is 0.632. The molecule has 0 fully saturated rings. The van der Waals surface area contributed by atoms with E-state index in [-0.39, 0.29) is 11.3 Å². The van der Waals surface area contributed by atoms with Crippen LogP contribution in [-0.2, 0) is 17.6 Å². The van der Waals surface area contributed by atoms with E-state index in [1.807, 2.05) is 6.07 Å². The summed E-state index contributed by atoms with van der Waals surface area (Å²) in [4.78, 5) is 12.0. The molecule has 1 unspecified atom stereocenters. The summed E-state index contributed by atoms with van der Waals surface area (Å²) in [5.41, 5.74) is 2.67. The van der Waals surface area contributed by atoms with Crippen LogP contribution in [0.1, 0.15) is 31.9 Å². The first kappa shape index (κ1) is 10.4. The normalized spacial score (nSPS) is 21.3. The largest absolute Gasteiger partial charge is 0.299 e. The molecule has 0 saturated carbocycles. The summed E-state index contributed by atoms with van der Waals surface area (Å²) in [6.45, 7) is 6.47. The highest BCUT2D eigenvalue weighted by molar-refractivity contribution is 5.86. The zero-order valence-corrected chi connectivity index (χ0v) is 9.71. The van der Waals surface area contributed by atoms with Gasteiger partial charge in [-0.05, 0) is 23.0 Å². The lowest BCUT2D eigenvalue weighted by Crippen LogP contribution is -2.35. The van der Waals surface area contributed by atoms with Crippen LogP contribution in [0.25, 0.3) is 0 Å². The molecule has 0 aliphatic heterocycles. The van der Waals surface area contributed by atoms with Gasteiger partial charge in [0, 0.05) is 12.3 Å². The van der Waals surface area contributed by atoms with Gasteiger partial charge in [-0.15, -0.1) is 0 Å². The van der Waals surface area contributed by atoms with Crippen molar-refractivity contribution in [1.82, 2.24) is 0 Å². The zero-order valence-electron chi connectivity index (χ0n) is 9.71. The fraction of sp³-hybridized carbons (Fsp3) is 0.500. The van der Waals surface area contributed by atoms with Gasteiger partial charge in [0.25, 0.3) is 0 Å². The fourth-order valence-corrected chi connectivity index (χ4v) is 2.36. The number of Topliss-reactive ketones (excluding diaryl/α,β-unsaturated/α-hetero) is 1. The van der Waals surface area contributed by atoms with Gasteiger partial charge in [0.05, 0.1) is 0 Å². The van der Waals surface area contributed by atoms with Crippen molar-refractivity contribution in [3.8, 4) is 0 Å². The molecule has 1 aliphatic carbocycles. The smallest absolute Gasteiger partial charge is 0.141 e. The Labute approximate surface area is 91.5 Å². The van der Waals surface area contributed by atoms with Crippen molar-refractivity contribution in [2.24, 2.45) is 11.3 Å².